The zero-order valence-electron chi connectivity index (χ0n) is 12.2. The molecule has 3 aromatic rings. The molecule has 0 bridgehead atoms. The van der Waals surface area contributed by atoms with E-state index in [-0.39, 0.29) is 0 Å². The van der Waals surface area contributed by atoms with Gasteiger partial charge in [0.15, 0.2) is 0 Å². The average molecular weight is 319 g/mol. The van der Waals surface area contributed by atoms with Gasteiger partial charge in [0.25, 0.3) is 0 Å². The van der Waals surface area contributed by atoms with E-state index >= 15 is 0 Å². The van der Waals surface area contributed by atoms with Gasteiger partial charge in [-0.05, 0) is 44.5 Å². The third-order valence-corrected chi connectivity index (χ3v) is 5.32. The van der Waals surface area contributed by atoms with E-state index in [1.807, 2.05) is 28.2 Å². The van der Waals surface area contributed by atoms with E-state index < -0.39 is 0 Å². The topological polar surface area (TPSA) is 42.2 Å². The molecule has 0 fully saturated rings. The second-order valence-electron chi connectivity index (χ2n) is 5.06. The Balaban J connectivity index is 1.69. The molecular formula is C15H17N3OS2. The first-order valence-electron chi connectivity index (χ1n) is 6.75. The van der Waals surface area contributed by atoms with Crippen LogP contribution in [0.1, 0.15) is 28.6 Å². The lowest BCUT2D eigenvalue weighted by Crippen LogP contribution is -2.21. The van der Waals surface area contributed by atoms with Crippen molar-refractivity contribution in [3.05, 3.63) is 44.6 Å². The lowest BCUT2D eigenvalue weighted by atomic mass is 10.2. The fourth-order valence-corrected chi connectivity index (χ4v) is 3.70. The van der Waals surface area contributed by atoms with Crippen LogP contribution in [0.4, 0.5) is 0 Å². The second kappa shape index (κ2) is 6.09. The Morgan fingerprint density at radius 1 is 1.33 bits per heavy atom. The summed E-state index contributed by atoms with van der Waals surface area (Å²) in [7, 11) is 2.08. The molecule has 1 atom stereocenters. The van der Waals surface area contributed by atoms with Gasteiger partial charge >= 0.3 is 0 Å². The zero-order chi connectivity index (χ0) is 14.8. The van der Waals surface area contributed by atoms with E-state index in [1.165, 1.54) is 9.75 Å². The van der Waals surface area contributed by atoms with E-state index in [2.05, 4.69) is 48.1 Å². The Morgan fingerprint density at radius 3 is 2.86 bits per heavy atom. The summed E-state index contributed by atoms with van der Waals surface area (Å²) in [5, 5.41) is 8.08. The number of hydrogen-bond acceptors (Lipinski definition) is 6. The molecule has 0 N–H and O–H groups in total. The molecule has 0 saturated heterocycles. The Morgan fingerprint density at radius 2 is 2.19 bits per heavy atom. The number of aryl methyl sites for hydroxylation is 1. The van der Waals surface area contributed by atoms with Crippen LogP contribution in [0.15, 0.2) is 33.5 Å². The van der Waals surface area contributed by atoms with Gasteiger partial charge in [-0.3, -0.25) is 4.90 Å². The molecule has 0 saturated carbocycles. The SMILES string of the molecule is Cc1ccc([C@H](C)N(C)Cc2nc(-c3ccsc3)no2)s1. The fraction of sp³-hybridized carbons (Fsp3) is 0.333. The molecular weight excluding hydrogens is 302 g/mol. The zero-order valence-corrected chi connectivity index (χ0v) is 13.9. The van der Waals surface area contributed by atoms with Crippen LogP contribution in [0.5, 0.6) is 0 Å². The van der Waals surface area contributed by atoms with Gasteiger partial charge in [-0.2, -0.15) is 16.3 Å². The van der Waals surface area contributed by atoms with Crippen molar-refractivity contribution in [3.8, 4) is 11.4 Å². The molecule has 0 aliphatic heterocycles. The lowest BCUT2D eigenvalue weighted by molar-refractivity contribution is 0.219. The smallest absolute Gasteiger partial charge is 0.241 e. The van der Waals surface area contributed by atoms with Crippen LogP contribution in [0.25, 0.3) is 11.4 Å². The van der Waals surface area contributed by atoms with Crippen LogP contribution in [0.3, 0.4) is 0 Å². The molecule has 0 radical (unpaired) electrons. The van der Waals surface area contributed by atoms with Gasteiger partial charge in [0.05, 0.1) is 6.54 Å². The normalized spacial score (nSPS) is 13.0. The molecule has 6 heteroatoms. The fourth-order valence-electron chi connectivity index (χ4n) is 2.07. The molecule has 0 spiro atoms. The van der Waals surface area contributed by atoms with E-state index in [1.54, 1.807) is 11.3 Å². The Bertz CT molecular complexity index is 702. The molecule has 3 rings (SSSR count). The third kappa shape index (κ3) is 3.23. The first kappa shape index (κ1) is 14.4. The van der Waals surface area contributed by atoms with Crippen molar-refractivity contribution in [2.75, 3.05) is 7.05 Å². The van der Waals surface area contributed by atoms with Crippen LogP contribution in [0.2, 0.25) is 0 Å². The second-order valence-corrected chi connectivity index (χ2v) is 7.16. The summed E-state index contributed by atoms with van der Waals surface area (Å²) >= 11 is 3.46. The molecule has 110 valence electrons. The Labute approximate surface area is 132 Å². The maximum atomic E-state index is 5.36. The Kier molecular flexibility index (Phi) is 4.19. The summed E-state index contributed by atoms with van der Waals surface area (Å²) in [4.78, 5) is 9.37. The minimum atomic E-state index is 0.334. The maximum Gasteiger partial charge on any atom is 0.241 e. The highest BCUT2D eigenvalue weighted by Crippen LogP contribution is 2.27. The quantitative estimate of drug-likeness (QED) is 0.700. The molecule has 3 aromatic heterocycles. The minimum Gasteiger partial charge on any atom is -0.338 e. The summed E-state index contributed by atoms with van der Waals surface area (Å²) in [6.45, 7) is 4.97. The number of hydrogen-bond donors (Lipinski definition) is 0. The van der Waals surface area contributed by atoms with Crippen LogP contribution >= 0.6 is 22.7 Å². The Hall–Kier alpha value is -1.50. The van der Waals surface area contributed by atoms with Crippen molar-refractivity contribution < 1.29 is 4.52 Å². The van der Waals surface area contributed by atoms with Gasteiger partial charge in [0, 0.05) is 26.7 Å². The summed E-state index contributed by atoms with van der Waals surface area (Å²) < 4.78 is 5.36. The summed E-state index contributed by atoms with van der Waals surface area (Å²) in [5.74, 6) is 1.32. The van der Waals surface area contributed by atoms with Crippen molar-refractivity contribution in [3.63, 3.8) is 0 Å². The summed E-state index contributed by atoms with van der Waals surface area (Å²) in [5.41, 5.74) is 1.01. The maximum absolute atomic E-state index is 5.36. The van der Waals surface area contributed by atoms with E-state index in [9.17, 15) is 0 Å². The summed E-state index contributed by atoms with van der Waals surface area (Å²) in [6, 6.07) is 6.68. The molecule has 0 aliphatic carbocycles. The first-order chi connectivity index (χ1) is 10.1. The largest absolute Gasteiger partial charge is 0.338 e. The van der Waals surface area contributed by atoms with Crippen molar-refractivity contribution in [1.82, 2.24) is 15.0 Å². The minimum absolute atomic E-state index is 0.334. The van der Waals surface area contributed by atoms with E-state index in [0.29, 0.717) is 24.3 Å². The number of thiophene rings is 2. The number of rotatable bonds is 5. The third-order valence-electron chi connectivity index (χ3n) is 3.47. The molecule has 3 heterocycles. The van der Waals surface area contributed by atoms with Gasteiger partial charge in [-0.1, -0.05) is 5.16 Å². The highest BCUT2D eigenvalue weighted by atomic mass is 32.1. The van der Waals surface area contributed by atoms with Gasteiger partial charge in [-0.15, -0.1) is 11.3 Å². The van der Waals surface area contributed by atoms with Crippen LogP contribution in [-0.2, 0) is 6.54 Å². The molecule has 0 aliphatic rings. The molecule has 21 heavy (non-hydrogen) atoms. The van der Waals surface area contributed by atoms with Gasteiger partial charge in [0.1, 0.15) is 0 Å². The van der Waals surface area contributed by atoms with Crippen LogP contribution < -0.4 is 0 Å². The predicted molar refractivity (Wildman–Crippen MR) is 86.5 cm³/mol. The summed E-state index contributed by atoms with van der Waals surface area (Å²) in [6.07, 6.45) is 0. The number of nitrogens with zero attached hydrogens (tertiary/aromatic N) is 3. The van der Waals surface area contributed by atoms with Crippen molar-refractivity contribution in [2.24, 2.45) is 0 Å². The van der Waals surface area contributed by atoms with Crippen LogP contribution in [0, 0.1) is 6.92 Å². The first-order valence-corrected chi connectivity index (χ1v) is 8.51. The predicted octanol–water partition coefficient (Wildman–Crippen LogP) is 4.36. The lowest BCUT2D eigenvalue weighted by Gasteiger charge is -2.21. The molecule has 0 amide bonds. The van der Waals surface area contributed by atoms with Gasteiger partial charge in [-0.25, -0.2) is 0 Å². The molecule has 0 aromatic carbocycles. The van der Waals surface area contributed by atoms with Crippen molar-refractivity contribution in [1.29, 1.82) is 0 Å². The van der Waals surface area contributed by atoms with Crippen molar-refractivity contribution in [2.45, 2.75) is 26.4 Å². The molecule has 4 nitrogen and oxygen atoms in total. The van der Waals surface area contributed by atoms with Crippen LogP contribution in [-0.4, -0.2) is 22.1 Å². The monoisotopic (exact) mass is 319 g/mol. The van der Waals surface area contributed by atoms with Crippen molar-refractivity contribution >= 4 is 22.7 Å². The average Bonchev–Trinajstić information content (AvgIpc) is 3.17. The van der Waals surface area contributed by atoms with Gasteiger partial charge in [0.2, 0.25) is 11.7 Å². The van der Waals surface area contributed by atoms with Gasteiger partial charge < -0.3 is 4.52 Å². The standard InChI is InChI=1S/C15H17N3OS2/c1-10-4-5-13(21-10)11(2)18(3)8-14-16-15(17-19-14)12-6-7-20-9-12/h4-7,9,11H,8H2,1-3H3/t11-/m0/s1. The molecule has 0 unspecified atom stereocenters. The highest BCUT2D eigenvalue weighted by Gasteiger charge is 2.17. The number of aromatic nitrogens is 2. The van der Waals surface area contributed by atoms with E-state index in [0.717, 1.165) is 5.56 Å². The van der Waals surface area contributed by atoms with E-state index in [4.69, 9.17) is 4.52 Å². The highest BCUT2D eigenvalue weighted by molar-refractivity contribution is 7.12.